The van der Waals surface area contributed by atoms with E-state index in [2.05, 4.69) is 15.1 Å². The summed E-state index contributed by atoms with van der Waals surface area (Å²) in [6.45, 7) is 0. The molecule has 6 heteroatoms. The van der Waals surface area contributed by atoms with Gasteiger partial charge in [-0.2, -0.15) is 0 Å². The molecule has 0 bridgehead atoms. The van der Waals surface area contributed by atoms with Gasteiger partial charge in [-0.05, 0) is 18.2 Å². The van der Waals surface area contributed by atoms with Crippen LogP contribution in [0, 0.1) is 0 Å². The zero-order chi connectivity index (χ0) is 18.6. The summed E-state index contributed by atoms with van der Waals surface area (Å²) in [5.74, 6) is 0.773. The Morgan fingerprint density at radius 2 is 1.70 bits per heavy atom. The SMILES string of the molecule is O/N=C/c1ccc(-c2nc(-c3ccccc3)[nH]c2-c2ccncc2)cc1Cl. The Morgan fingerprint density at radius 1 is 0.926 bits per heavy atom. The Balaban J connectivity index is 1.88. The average Bonchev–Trinajstić information content (AvgIpc) is 3.16. The van der Waals surface area contributed by atoms with Crippen molar-refractivity contribution in [3.63, 3.8) is 0 Å². The number of halogens is 1. The maximum atomic E-state index is 8.74. The van der Waals surface area contributed by atoms with E-state index in [1.165, 1.54) is 6.21 Å². The van der Waals surface area contributed by atoms with Crippen molar-refractivity contribution < 1.29 is 5.21 Å². The van der Waals surface area contributed by atoms with Crippen molar-refractivity contribution in [2.75, 3.05) is 0 Å². The largest absolute Gasteiger partial charge is 0.411 e. The van der Waals surface area contributed by atoms with Crippen molar-refractivity contribution >= 4 is 17.8 Å². The van der Waals surface area contributed by atoms with Gasteiger partial charge in [-0.15, -0.1) is 0 Å². The van der Waals surface area contributed by atoms with Gasteiger partial charge in [0.05, 0.1) is 22.6 Å². The van der Waals surface area contributed by atoms with Gasteiger partial charge >= 0.3 is 0 Å². The second-order valence-corrected chi connectivity index (χ2v) is 6.30. The van der Waals surface area contributed by atoms with Gasteiger partial charge in [-0.25, -0.2) is 4.98 Å². The van der Waals surface area contributed by atoms with E-state index in [1.54, 1.807) is 18.5 Å². The Kier molecular flexibility index (Phi) is 4.68. The van der Waals surface area contributed by atoms with Gasteiger partial charge in [0, 0.05) is 34.6 Å². The van der Waals surface area contributed by atoms with Crippen molar-refractivity contribution in [1.82, 2.24) is 15.0 Å². The predicted octanol–water partition coefficient (Wildman–Crippen LogP) is 5.27. The first-order chi connectivity index (χ1) is 13.3. The molecule has 0 saturated heterocycles. The van der Waals surface area contributed by atoms with Gasteiger partial charge < -0.3 is 10.2 Å². The highest BCUT2D eigenvalue weighted by atomic mass is 35.5. The number of hydrogen-bond donors (Lipinski definition) is 2. The lowest BCUT2D eigenvalue weighted by Gasteiger charge is -2.05. The molecular weight excluding hydrogens is 360 g/mol. The summed E-state index contributed by atoms with van der Waals surface area (Å²) >= 11 is 6.33. The fourth-order valence-corrected chi connectivity index (χ4v) is 3.11. The molecule has 2 aromatic heterocycles. The highest BCUT2D eigenvalue weighted by Crippen LogP contribution is 2.34. The van der Waals surface area contributed by atoms with E-state index in [4.69, 9.17) is 21.8 Å². The average molecular weight is 375 g/mol. The van der Waals surface area contributed by atoms with Crippen molar-refractivity contribution in [2.24, 2.45) is 5.16 Å². The van der Waals surface area contributed by atoms with Crippen LogP contribution in [0.1, 0.15) is 5.56 Å². The van der Waals surface area contributed by atoms with Gasteiger partial charge in [-0.3, -0.25) is 4.98 Å². The van der Waals surface area contributed by atoms with Crippen molar-refractivity contribution in [3.05, 3.63) is 83.6 Å². The maximum absolute atomic E-state index is 8.74. The molecule has 0 radical (unpaired) electrons. The number of H-pyrrole nitrogens is 1. The number of rotatable bonds is 4. The standard InChI is InChI=1S/C21H15ClN4O/c22-18-12-16(6-7-17(18)13-24-27)20-19(14-8-10-23-11-9-14)25-21(26-20)15-4-2-1-3-5-15/h1-13,27H,(H,25,26)/b24-13+. The fraction of sp³-hybridized carbons (Fsp3) is 0. The Labute approximate surface area is 161 Å². The molecule has 0 spiro atoms. The molecule has 0 saturated carbocycles. The van der Waals surface area contributed by atoms with Crippen LogP contribution >= 0.6 is 11.6 Å². The highest BCUT2D eigenvalue weighted by Gasteiger charge is 2.16. The van der Waals surface area contributed by atoms with Crippen LogP contribution in [-0.4, -0.2) is 26.4 Å². The summed E-state index contributed by atoms with van der Waals surface area (Å²) in [6.07, 6.45) is 4.79. The molecule has 0 unspecified atom stereocenters. The number of nitrogens with one attached hydrogen (secondary N) is 1. The van der Waals surface area contributed by atoms with Crippen molar-refractivity contribution in [1.29, 1.82) is 0 Å². The number of imidazole rings is 1. The number of benzene rings is 2. The molecule has 0 aliphatic carbocycles. The first kappa shape index (κ1) is 17.0. The van der Waals surface area contributed by atoms with Crippen LogP contribution in [0.3, 0.4) is 0 Å². The Hall–Kier alpha value is -3.44. The second-order valence-electron chi connectivity index (χ2n) is 5.89. The molecule has 4 aromatic rings. The maximum Gasteiger partial charge on any atom is 0.138 e. The number of oxime groups is 1. The monoisotopic (exact) mass is 374 g/mol. The number of hydrogen-bond acceptors (Lipinski definition) is 4. The van der Waals surface area contributed by atoms with Crippen molar-refractivity contribution in [2.45, 2.75) is 0 Å². The smallest absolute Gasteiger partial charge is 0.138 e. The topological polar surface area (TPSA) is 74.2 Å². The summed E-state index contributed by atoms with van der Waals surface area (Å²) in [5, 5.41) is 12.3. The molecule has 132 valence electrons. The third-order valence-electron chi connectivity index (χ3n) is 4.19. The lowest BCUT2D eigenvalue weighted by atomic mass is 10.0. The number of nitrogens with zero attached hydrogens (tertiary/aromatic N) is 3. The Morgan fingerprint density at radius 3 is 2.41 bits per heavy atom. The highest BCUT2D eigenvalue weighted by molar-refractivity contribution is 6.33. The van der Waals surface area contributed by atoms with Crippen LogP contribution in [0.5, 0.6) is 0 Å². The van der Waals surface area contributed by atoms with E-state index in [0.717, 1.165) is 33.9 Å². The van der Waals surface area contributed by atoms with Gasteiger partial charge in [0.1, 0.15) is 5.82 Å². The number of aromatic amines is 1. The summed E-state index contributed by atoms with van der Waals surface area (Å²) < 4.78 is 0. The van der Waals surface area contributed by atoms with Crippen LogP contribution in [-0.2, 0) is 0 Å². The third-order valence-corrected chi connectivity index (χ3v) is 4.52. The minimum absolute atomic E-state index is 0.482. The van der Waals surface area contributed by atoms with Gasteiger partial charge in [-0.1, -0.05) is 59.2 Å². The van der Waals surface area contributed by atoms with E-state index < -0.39 is 0 Å². The summed E-state index contributed by atoms with van der Waals surface area (Å²) in [5.41, 5.74) is 5.14. The molecule has 2 heterocycles. The molecule has 2 N–H and O–H groups in total. The Bertz CT molecular complexity index is 1090. The molecule has 27 heavy (non-hydrogen) atoms. The first-order valence-electron chi connectivity index (χ1n) is 8.29. The molecule has 2 aromatic carbocycles. The molecular formula is C21H15ClN4O. The normalized spacial score (nSPS) is 11.1. The van der Waals surface area contributed by atoms with Gasteiger partial charge in [0.2, 0.25) is 0 Å². The molecule has 5 nitrogen and oxygen atoms in total. The van der Waals surface area contributed by atoms with Crippen LogP contribution in [0.4, 0.5) is 0 Å². The summed E-state index contributed by atoms with van der Waals surface area (Å²) in [7, 11) is 0. The van der Waals surface area contributed by atoms with Gasteiger partial charge in [0.15, 0.2) is 0 Å². The molecule has 4 rings (SSSR count). The third kappa shape index (κ3) is 3.45. The minimum Gasteiger partial charge on any atom is -0.411 e. The quantitative estimate of drug-likeness (QED) is 0.290. The van der Waals surface area contributed by atoms with Crippen LogP contribution < -0.4 is 0 Å². The molecule has 0 amide bonds. The predicted molar refractivity (Wildman–Crippen MR) is 107 cm³/mol. The first-order valence-corrected chi connectivity index (χ1v) is 8.67. The van der Waals surface area contributed by atoms with Crippen LogP contribution in [0.2, 0.25) is 5.02 Å². The number of pyridine rings is 1. The summed E-state index contributed by atoms with van der Waals surface area (Å²) in [6, 6.07) is 19.3. The minimum atomic E-state index is 0.482. The fourth-order valence-electron chi connectivity index (χ4n) is 2.88. The van der Waals surface area contributed by atoms with E-state index in [0.29, 0.717) is 10.6 Å². The van der Waals surface area contributed by atoms with Gasteiger partial charge in [0.25, 0.3) is 0 Å². The summed E-state index contributed by atoms with van der Waals surface area (Å²) in [4.78, 5) is 12.3. The van der Waals surface area contributed by atoms with E-state index >= 15 is 0 Å². The zero-order valence-electron chi connectivity index (χ0n) is 14.2. The van der Waals surface area contributed by atoms with Crippen molar-refractivity contribution in [3.8, 4) is 33.9 Å². The molecule has 0 fully saturated rings. The number of aromatic nitrogens is 3. The van der Waals surface area contributed by atoms with E-state index in [9.17, 15) is 0 Å². The molecule has 0 aliphatic rings. The van der Waals surface area contributed by atoms with Crippen LogP contribution in [0.15, 0.2) is 78.2 Å². The second kappa shape index (κ2) is 7.43. The lowest BCUT2D eigenvalue weighted by Crippen LogP contribution is -1.88. The van der Waals surface area contributed by atoms with Crippen LogP contribution in [0.25, 0.3) is 33.9 Å². The van der Waals surface area contributed by atoms with E-state index in [1.807, 2.05) is 54.6 Å². The zero-order valence-corrected chi connectivity index (χ0v) is 14.9. The molecule has 0 aliphatic heterocycles. The van der Waals surface area contributed by atoms with E-state index in [-0.39, 0.29) is 0 Å². The molecule has 0 atom stereocenters. The lowest BCUT2D eigenvalue weighted by molar-refractivity contribution is 0.322.